The Labute approximate surface area is 186 Å². The van der Waals surface area contributed by atoms with Crippen molar-refractivity contribution in [1.82, 2.24) is 19.7 Å². The van der Waals surface area contributed by atoms with Crippen LogP contribution in [0.25, 0.3) is 11.3 Å². The molecule has 3 heterocycles. The van der Waals surface area contributed by atoms with Crippen LogP contribution in [-0.4, -0.2) is 58.6 Å². The molecule has 2 N–H and O–H groups in total. The first-order chi connectivity index (χ1) is 15.2. The van der Waals surface area contributed by atoms with Crippen molar-refractivity contribution in [3.63, 3.8) is 0 Å². The van der Waals surface area contributed by atoms with E-state index in [9.17, 15) is 8.78 Å². The molecule has 2 aromatic heterocycles. The van der Waals surface area contributed by atoms with Gasteiger partial charge in [-0.05, 0) is 50.2 Å². The van der Waals surface area contributed by atoms with Crippen molar-refractivity contribution in [2.24, 2.45) is 11.3 Å². The van der Waals surface area contributed by atoms with E-state index < -0.39 is 6.61 Å². The van der Waals surface area contributed by atoms with Gasteiger partial charge >= 0.3 is 6.61 Å². The molecule has 9 heteroatoms. The quantitative estimate of drug-likeness (QED) is 0.693. The molecule has 32 heavy (non-hydrogen) atoms. The zero-order chi connectivity index (χ0) is 22.8. The molecule has 1 saturated heterocycles. The normalized spacial score (nSPS) is 30.1. The Bertz CT molecular complexity index is 1010. The van der Waals surface area contributed by atoms with E-state index in [4.69, 9.17) is 15.6 Å². The predicted octanol–water partition coefficient (Wildman–Crippen LogP) is 3.92. The van der Waals surface area contributed by atoms with Crippen LogP contribution in [0.1, 0.15) is 51.3 Å². The molecule has 2 aliphatic carbocycles. The van der Waals surface area contributed by atoms with Gasteiger partial charge in [0.15, 0.2) is 11.6 Å². The summed E-state index contributed by atoms with van der Waals surface area (Å²) in [6, 6.07) is 4.41. The number of likely N-dealkylation sites (tertiary alicyclic amines) is 1. The Balaban J connectivity index is 1.38. The predicted molar refractivity (Wildman–Crippen MR) is 117 cm³/mol. The van der Waals surface area contributed by atoms with Crippen molar-refractivity contribution in [3.8, 4) is 17.0 Å². The number of pyridine rings is 1. The van der Waals surface area contributed by atoms with Crippen LogP contribution in [0, 0.1) is 11.3 Å². The molecule has 4 unspecified atom stereocenters. The number of halogens is 2. The molecule has 3 aliphatic rings. The van der Waals surface area contributed by atoms with E-state index in [0.717, 1.165) is 13.1 Å². The SMILES string of the molecule is COC1CN(C2CC3C(c4cc(-c5cnc(N)c(OC(F)F)c5)nn4C(C)C)C3(C)C2)C1. The van der Waals surface area contributed by atoms with Crippen LogP contribution in [0.15, 0.2) is 18.3 Å². The number of fused-ring (bicyclic) bond motifs is 1. The number of alkyl halides is 2. The van der Waals surface area contributed by atoms with Crippen molar-refractivity contribution in [2.45, 2.75) is 64.3 Å². The number of hydrogen-bond acceptors (Lipinski definition) is 6. The number of methoxy groups -OCH3 is 1. The highest BCUT2D eigenvalue weighted by atomic mass is 19.3. The molecule has 3 fully saturated rings. The van der Waals surface area contributed by atoms with Crippen molar-refractivity contribution in [2.75, 3.05) is 25.9 Å². The smallest absolute Gasteiger partial charge is 0.387 e. The second-order valence-corrected chi connectivity index (χ2v) is 9.97. The molecular formula is C23H31F2N5O2. The van der Waals surface area contributed by atoms with Crippen molar-refractivity contribution in [3.05, 3.63) is 24.0 Å². The fraction of sp³-hybridized carbons (Fsp3) is 0.652. The van der Waals surface area contributed by atoms with E-state index in [2.05, 4.69) is 46.1 Å². The molecule has 174 valence electrons. The Morgan fingerprint density at radius 1 is 1.25 bits per heavy atom. The standard InChI is InChI=1S/C23H31F2N5O2/c1-12(2)30-18(7-17(28-30)13-5-19(32-22(24)25)21(26)27-9-13)20-16-6-14(8-23(16,20)3)29-10-15(11-29)31-4/h5,7,9,12,14-16,20,22H,6,8,10-11H2,1-4H3,(H2,26,27). The number of hydrogen-bond donors (Lipinski definition) is 1. The highest BCUT2D eigenvalue weighted by Gasteiger charge is 2.68. The van der Waals surface area contributed by atoms with Crippen molar-refractivity contribution >= 4 is 5.82 Å². The highest BCUT2D eigenvalue weighted by Crippen LogP contribution is 2.73. The Kier molecular flexibility index (Phi) is 5.16. The summed E-state index contributed by atoms with van der Waals surface area (Å²) in [5, 5.41) is 4.82. The minimum Gasteiger partial charge on any atom is -0.431 e. The summed E-state index contributed by atoms with van der Waals surface area (Å²) in [5.41, 5.74) is 8.52. The number of nitrogen functional groups attached to an aromatic ring is 1. The molecule has 2 saturated carbocycles. The third kappa shape index (κ3) is 3.46. The lowest BCUT2D eigenvalue weighted by Gasteiger charge is -2.43. The van der Waals surface area contributed by atoms with Gasteiger partial charge in [-0.15, -0.1) is 0 Å². The van der Waals surface area contributed by atoms with E-state index in [1.807, 2.05) is 0 Å². The van der Waals surface area contributed by atoms with Crippen LogP contribution in [0.4, 0.5) is 14.6 Å². The summed E-state index contributed by atoms with van der Waals surface area (Å²) in [4.78, 5) is 6.59. The van der Waals surface area contributed by atoms with E-state index in [1.54, 1.807) is 13.3 Å². The summed E-state index contributed by atoms with van der Waals surface area (Å²) in [6.07, 6.45) is 4.33. The molecule has 1 aliphatic heterocycles. The first-order valence-electron chi connectivity index (χ1n) is 11.3. The topological polar surface area (TPSA) is 78.4 Å². The molecule has 2 aromatic rings. The zero-order valence-corrected chi connectivity index (χ0v) is 19.0. The van der Waals surface area contributed by atoms with Gasteiger partial charge in [-0.1, -0.05) is 6.92 Å². The highest BCUT2D eigenvalue weighted by molar-refractivity contribution is 5.64. The molecule has 5 rings (SSSR count). The summed E-state index contributed by atoms with van der Waals surface area (Å²) in [6.45, 7) is 5.74. The lowest BCUT2D eigenvalue weighted by Crippen LogP contribution is -2.56. The van der Waals surface area contributed by atoms with Crippen LogP contribution >= 0.6 is 0 Å². The number of nitrogens with zero attached hydrogens (tertiary/aromatic N) is 4. The van der Waals surface area contributed by atoms with Crippen LogP contribution in [0.2, 0.25) is 0 Å². The van der Waals surface area contributed by atoms with Gasteiger partial charge in [-0.2, -0.15) is 13.9 Å². The minimum atomic E-state index is -2.96. The van der Waals surface area contributed by atoms with Crippen molar-refractivity contribution in [1.29, 1.82) is 0 Å². The lowest BCUT2D eigenvalue weighted by atomic mass is 9.94. The molecule has 0 amide bonds. The summed E-state index contributed by atoms with van der Waals surface area (Å²) < 4.78 is 37.5. The zero-order valence-electron chi connectivity index (χ0n) is 19.0. The fourth-order valence-electron chi connectivity index (χ4n) is 5.95. The first-order valence-corrected chi connectivity index (χ1v) is 11.3. The van der Waals surface area contributed by atoms with Gasteiger partial charge in [0.2, 0.25) is 0 Å². The van der Waals surface area contributed by atoms with E-state index in [0.29, 0.717) is 35.2 Å². The maximum atomic E-state index is 12.7. The Hall–Kier alpha value is -2.26. The van der Waals surface area contributed by atoms with Crippen LogP contribution in [-0.2, 0) is 4.74 Å². The van der Waals surface area contributed by atoms with Gasteiger partial charge in [-0.25, -0.2) is 4.98 Å². The molecule has 0 spiro atoms. The first kappa shape index (κ1) is 21.6. The second-order valence-electron chi connectivity index (χ2n) is 9.97. The van der Waals surface area contributed by atoms with Crippen LogP contribution in [0.3, 0.4) is 0 Å². The van der Waals surface area contributed by atoms with Gasteiger partial charge in [0.25, 0.3) is 0 Å². The molecule has 7 nitrogen and oxygen atoms in total. The van der Waals surface area contributed by atoms with Gasteiger partial charge < -0.3 is 15.2 Å². The third-order valence-corrected chi connectivity index (χ3v) is 7.74. The average molecular weight is 448 g/mol. The molecular weight excluding hydrogens is 416 g/mol. The monoisotopic (exact) mass is 447 g/mol. The van der Waals surface area contributed by atoms with E-state index in [-0.39, 0.29) is 23.0 Å². The van der Waals surface area contributed by atoms with Crippen LogP contribution < -0.4 is 10.5 Å². The third-order valence-electron chi connectivity index (χ3n) is 7.74. The average Bonchev–Trinajstić information content (AvgIpc) is 3.01. The molecule has 0 bridgehead atoms. The lowest BCUT2D eigenvalue weighted by molar-refractivity contribution is -0.0526. The van der Waals surface area contributed by atoms with Gasteiger partial charge in [-0.3, -0.25) is 9.58 Å². The van der Waals surface area contributed by atoms with Gasteiger partial charge in [0.1, 0.15) is 0 Å². The Morgan fingerprint density at radius 3 is 2.59 bits per heavy atom. The van der Waals surface area contributed by atoms with Gasteiger partial charge in [0.05, 0.1) is 11.8 Å². The summed E-state index contributed by atoms with van der Waals surface area (Å²) in [5.74, 6) is 0.911. The van der Waals surface area contributed by atoms with Crippen molar-refractivity contribution < 1.29 is 18.3 Å². The second kappa shape index (κ2) is 7.66. The maximum Gasteiger partial charge on any atom is 0.387 e. The van der Waals surface area contributed by atoms with E-state index in [1.165, 1.54) is 24.6 Å². The molecule has 4 atom stereocenters. The number of rotatable bonds is 7. The van der Waals surface area contributed by atoms with E-state index >= 15 is 0 Å². The number of nitrogens with two attached hydrogens (primary N) is 1. The molecule has 0 aromatic carbocycles. The largest absolute Gasteiger partial charge is 0.431 e. The van der Waals surface area contributed by atoms with Gasteiger partial charge in [0, 0.05) is 55.7 Å². The molecule has 0 radical (unpaired) electrons. The number of ether oxygens (including phenoxy) is 2. The Morgan fingerprint density at radius 2 is 2.00 bits per heavy atom. The maximum absolute atomic E-state index is 12.7. The van der Waals surface area contributed by atoms with Crippen LogP contribution in [0.5, 0.6) is 5.75 Å². The number of anilines is 1. The summed E-state index contributed by atoms with van der Waals surface area (Å²) in [7, 11) is 1.79. The minimum absolute atomic E-state index is 0.0606. The number of aromatic nitrogens is 3. The fourth-order valence-corrected chi connectivity index (χ4v) is 5.95. The summed E-state index contributed by atoms with van der Waals surface area (Å²) >= 11 is 0.